The Labute approximate surface area is 138 Å². The molecule has 2 aromatic carbocycles. The number of carbonyl (C=O) groups is 1. The quantitative estimate of drug-likeness (QED) is 0.716. The topological polar surface area (TPSA) is 46.3 Å². The van der Waals surface area contributed by atoms with Crippen LogP contribution in [-0.4, -0.2) is 28.9 Å². The molecule has 24 heavy (non-hydrogen) atoms. The van der Waals surface area contributed by atoms with Crippen LogP contribution >= 0.6 is 0 Å². The lowest BCUT2D eigenvalue weighted by atomic mass is 9.97. The van der Waals surface area contributed by atoms with Crippen LogP contribution in [0.5, 0.6) is 0 Å². The fraction of sp³-hybridized carbons (Fsp3) is 0.263. The number of fused-ring (bicyclic) bond motifs is 1. The number of rotatable bonds is 2. The van der Waals surface area contributed by atoms with E-state index in [4.69, 9.17) is 4.42 Å². The Morgan fingerprint density at radius 1 is 1.21 bits per heavy atom. The van der Waals surface area contributed by atoms with Gasteiger partial charge in [0.15, 0.2) is 11.5 Å². The molecule has 1 amide bonds. The van der Waals surface area contributed by atoms with Crippen molar-refractivity contribution in [3.8, 4) is 0 Å². The van der Waals surface area contributed by atoms with Gasteiger partial charge in [-0.25, -0.2) is 9.37 Å². The van der Waals surface area contributed by atoms with Crippen molar-refractivity contribution in [1.82, 2.24) is 9.88 Å². The van der Waals surface area contributed by atoms with E-state index in [2.05, 4.69) is 4.98 Å². The molecule has 1 fully saturated rings. The van der Waals surface area contributed by atoms with Crippen LogP contribution in [0.15, 0.2) is 52.9 Å². The third-order valence-electron chi connectivity index (χ3n) is 4.44. The molecule has 0 aliphatic carbocycles. The minimum absolute atomic E-state index is 0.0728. The van der Waals surface area contributed by atoms with Gasteiger partial charge in [-0.2, -0.15) is 0 Å². The standard InChI is InChI=1S/C19H17FN2O2/c20-15-7-3-5-13(11-15)19(23)22-10-4-6-14(12-22)18-21-16-8-1-2-9-17(16)24-18/h1-3,5,7-9,11,14H,4,6,10,12H2/t14-/m0/s1. The number of halogens is 1. The maximum atomic E-state index is 13.4. The summed E-state index contributed by atoms with van der Waals surface area (Å²) in [6.07, 6.45) is 1.81. The Hall–Kier alpha value is -2.69. The number of amides is 1. The molecule has 0 N–H and O–H groups in total. The summed E-state index contributed by atoms with van der Waals surface area (Å²) in [5.74, 6) is 0.209. The first kappa shape index (κ1) is 14.9. The SMILES string of the molecule is O=C(c1cccc(F)c1)N1CCC[C@H](c2nc3ccccc3o2)C1. The van der Waals surface area contributed by atoms with E-state index in [1.165, 1.54) is 12.1 Å². The zero-order chi connectivity index (χ0) is 16.5. The van der Waals surface area contributed by atoms with E-state index in [1.807, 2.05) is 24.3 Å². The first-order valence-electron chi connectivity index (χ1n) is 8.11. The highest BCUT2D eigenvalue weighted by atomic mass is 19.1. The maximum absolute atomic E-state index is 13.4. The number of para-hydroxylation sites is 2. The van der Waals surface area contributed by atoms with Gasteiger partial charge in [-0.15, -0.1) is 0 Å². The zero-order valence-corrected chi connectivity index (χ0v) is 13.1. The second kappa shape index (κ2) is 6.07. The Morgan fingerprint density at radius 2 is 2.08 bits per heavy atom. The van der Waals surface area contributed by atoms with Crippen LogP contribution < -0.4 is 0 Å². The fourth-order valence-electron chi connectivity index (χ4n) is 3.23. The van der Waals surface area contributed by atoms with Gasteiger partial charge in [0.2, 0.25) is 0 Å². The summed E-state index contributed by atoms with van der Waals surface area (Å²) in [7, 11) is 0. The van der Waals surface area contributed by atoms with E-state index < -0.39 is 5.82 Å². The van der Waals surface area contributed by atoms with Gasteiger partial charge < -0.3 is 9.32 Å². The number of carbonyl (C=O) groups excluding carboxylic acids is 1. The van der Waals surface area contributed by atoms with Gasteiger partial charge in [0, 0.05) is 18.7 Å². The highest BCUT2D eigenvalue weighted by Gasteiger charge is 2.28. The van der Waals surface area contributed by atoms with Crippen molar-refractivity contribution in [3.63, 3.8) is 0 Å². The molecule has 4 rings (SSSR count). The minimum atomic E-state index is -0.395. The number of aromatic nitrogens is 1. The van der Waals surface area contributed by atoms with E-state index in [0.717, 1.165) is 23.9 Å². The normalized spacial score (nSPS) is 18.0. The molecule has 0 spiro atoms. The number of benzene rings is 2. The van der Waals surface area contributed by atoms with Crippen LogP contribution in [-0.2, 0) is 0 Å². The summed E-state index contributed by atoms with van der Waals surface area (Å²) in [5, 5.41) is 0. The Balaban J connectivity index is 1.56. The Morgan fingerprint density at radius 3 is 2.92 bits per heavy atom. The van der Waals surface area contributed by atoms with E-state index >= 15 is 0 Å². The number of likely N-dealkylation sites (tertiary alicyclic amines) is 1. The summed E-state index contributed by atoms with van der Waals surface area (Å²) in [5.41, 5.74) is 1.98. The van der Waals surface area contributed by atoms with Gasteiger partial charge in [-0.1, -0.05) is 18.2 Å². The van der Waals surface area contributed by atoms with Crippen molar-refractivity contribution in [1.29, 1.82) is 0 Å². The number of hydrogen-bond acceptors (Lipinski definition) is 3. The molecule has 3 aromatic rings. The molecule has 4 nitrogen and oxygen atoms in total. The summed E-state index contributed by atoms with van der Waals surface area (Å²) in [4.78, 5) is 18.9. The van der Waals surface area contributed by atoms with E-state index in [1.54, 1.807) is 17.0 Å². The van der Waals surface area contributed by atoms with Crippen molar-refractivity contribution < 1.29 is 13.6 Å². The van der Waals surface area contributed by atoms with Crippen LogP contribution in [0.4, 0.5) is 4.39 Å². The summed E-state index contributed by atoms with van der Waals surface area (Å²) < 4.78 is 19.2. The molecular formula is C19H17FN2O2. The number of hydrogen-bond donors (Lipinski definition) is 0. The summed E-state index contributed by atoms with van der Waals surface area (Å²) in [6.45, 7) is 1.22. The molecule has 0 saturated carbocycles. The largest absolute Gasteiger partial charge is 0.440 e. The van der Waals surface area contributed by atoms with Gasteiger partial charge in [-0.05, 0) is 43.2 Å². The molecule has 0 unspecified atom stereocenters. The van der Waals surface area contributed by atoms with Crippen molar-refractivity contribution in [2.24, 2.45) is 0 Å². The molecule has 122 valence electrons. The Kier molecular flexibility index (Phi) is 3.76. The lowest BCUT2D eigenvalue weighted by Gasteiger charge is -2.31. The van der Waals surface area contributed by atoms with Crippen molar-refractivity contribution in [3.05, 3.63) is 65.8 Å². The number of oxazole rings is 1. The fourth-order valence-corrected chi connectivity index (χ4v) is 3.23. The molecule has 5 heteroatoms. The second-order valence-electron chi connectivity index (χ2n) is 6.12. The Bertz CT molecular complexity index is 857. The second-order valence-corrected chi connectivity index (χ2v) is 6.12. The van der Waals surface area contributed by atoms with Crippen molar-refractivity contribution in [2.75, 3.05) is 13.1 Å². The molecular weight excluding hydrogens is 307 g/mol. The monoisotopic (exact) mass is 324 g/mol. The average Bonchev–Trinajstić information content (AvgIpc) is 3.05. The van der Waals surface area contributed by atoms with Crippen LogP contribution in [0.25, 0.3) is 11.1 Å². The van der Waals surface area contributed by atoms with Gasteiger partial charge in [0.05, 0.1) is 5.92 Å². The minimum Gasteiger partial charge on any atom is -0.440 e. The summed E-state index contributed by atoms with van der Waals surface area (Å²) in [6, 6.07) is 13.5. The molecule has 1 aliphatic rings. The van der Waals surface area contributed by atoms with Crippen LogP contribution in [0.1, 0.15) is 35.0 Å². The molecule has 0 radical (unpaired) electrons. The number of piperidine rings is 1. The molecule has 1 aromatic heterocycles. The highest BCUT2D eigenvalue weighted by molar-refractivity contribution is 5.94. The predicted octanol–water partition coefficient (Wildman–Crippen LogP) is 3.99. The van der Waals surface area contributed by atoms with Crippen LogP contribution in [0, 0.1) is 5.82 Å². The average molecular weight is 324 g/mol. The smallest absolute Gasteiger partial charge is 0.253 e. The van der Waals surface area contributed by atoms with Gasteiger partial charge >= 0.3 is 0 Å². The maximum Gasteiger partial charge on any atom is 0.253 e. The van der Waals surface area contributed by atoms with E-state index in [0.29, 0.717) is 24.5 Å². The van der Waals surface area contributed by atoms with Gasteiger partial charge in [-0.3, -0.25) is 4.79 Å². The van der Waals surface area contributed by atoms with E-state index in [9.17, 15) is 9.18 Å². The molecule has 1 aliphatic heterocycles. The number of nitrogens with zero attached hydrogens (tertiary/aromatic N) is 2. The van der Waals surface area contributed by atoms with Crippen LogP contribution in [0.3, 0.4) is 0 Å². The van der Waals surface area contributed by atoms with Crippen LogP contribution in [0.2, 0.25) is 0 Å². The lowest BCUT2D eigenvalue weighted by Crippen LogP contribution is -2.39. The molecule has 2 heterocycles. The third-order valence-corrected chi connectivity index (χ3v) is 4.44. The highest BCUT2D eigenvalue weighted by Crippen LogP contribution is 2.29. The predicted molar refractivity (Wildman–Crippen MR) is 88.3 cm³/mol. The first-order chi connectivity index (χ1) is 11.7. The summed E-state index contributed by atoms with van der Waals surface area (Å²) >= 11 is 0. The van der Waals surface area contributed by atoms with E-state index in [-0.39, 0.29) is 11.8 Å². The lowest BCUT2D eigenvalue weighted by molar-refractivity contribution is 0.0698. The van der Waals surface area contributed by atoms with Crippen molar-refractivity contribution >= 4 is 17.0 Å². The molecule has 1 saturated heterocycles. The molecule has 0 bridgehead atoms. The first-order valence-corrected chi connectivity index (χ1v) is 8.11. The zero-order valence-electron chi connectivity index (χ0n) is 13.1. The van der Waals surface area contributed by atoms with Crippen molar-refractivity contribution in [2.45, 2.75) is 18.8 Å². The molecule has 1 atom stereocenters. The third kappa shape index (κ3) is 2.77. The van der Waals surface area contributed by atoms with Gasteiger partial charge in [0.1, 0.15) is 11.3 Å². The van der Waals surface area contributed by atoms with Gasteiger partial charge in [0.25, 0.3) is 5.91 Å².